The molecule has 1 aliphatic carbocycles. The molecule has 0 bridgehead atoms. The Labute approximate surface area is 136 Å². The smallest absolute Gasteiger partial charge is 0.326 e. The zero-order valence-corrected chi connectivity index (χ0v) is 13.6. The van der Waals surface area contributed by atoms with Gasteiger partial charge in [-0.1, -0.05) is 25.7 Å². The van der Waals surface area contributed by atoms with Gasteiger partial charge in [-0.3, -0.25) is 14.5 Å². The van der Waals surface area contributed by atoms with Gasteiger partial charge in [0.1, 0.15) is 5.54 Å². The Bertz CT molecular complexity index is 492. The third-order valence-corrected chi connectivity index (χ3v) is 5.53. The molecule has 3 rings (SSSR count). The first-order valence-electron chi connectivity index (χ1n) is 8.68. The van der Waals surface area contributed by atoms with Crippen LogP contribution in [0, 0.1) is 5.92 Å². The first-order valence-corrected chi connectivity index (χ1v) is 8.68. The molecule has 23 heavy (non-hydrogen) atoms. The van der Waals surface area contributed by atoms with E-state index in [1.54, 1.807) is 0 Å². The third-order valence-electron chi connectivity index (χ3n) is 5.53. The van der Waals surface area contributed by atoms with E-state index in [0.29, 0.717) is 32.6 Å². The molecule has 4 amide bonds. The minimum absolute atomic E-state index is 0.0681. The van der Waals surface area contributed by atoms with Crippen LogP contribution in [0.25, 0.3) is 0 Å². The van der Waals surface area contributed by atoms with Crippen LogP contribution in [0.1, 0.15) is 51.4 Å². The second-order valence-corrected chi connectivity index (χ2v) is 7.10. The lowest BCUT2D eigenvalue weighted by Crippen LogP contribution is -2.48. The van der Waals surface area contributed by atoms with E-state index in [1.165, 1.54) is 4.90 Å². The summed E-state index contributed by atoms with van der Waals surface area (Å²) in [5.41, 5.74) is 4.67. The molecule has 0 aromatic carbocycles. The quantitative estimate of drug-likeness (QED) is 0.751. The summed E-state index contributed by atoms with van der Waals surface area (Å²) in [6, 6.07) is -0.270. The molecule has 0 unspecified atom stereocenters. The van der Waals surface area contributed by atoms with E-state index >= 15 is 0 Å². The molecule has 128 valence electrons. The molecule has 0 aromatic rings. The Morgan fingerprint density at radius 2 is 1.74 bits per heavy atom. The molecule has 3 aliphatic rings. The predicted molar refractivity (Wildman–Crippen MR) is 84.2 cm³/mol. The lowest BCUT2D eigenvalue weighted by Gasteiger charge is -2.32. The first kappa shape index (κ1) is 16.2. The van der Waals surface area contributed by atoms with Crippen LogP contribution in [-0.2, 0) is 9.59 Å². The van der Waals surface area contributed by atoms with Gasteiger partial charge in [-0.05, 0) is 25.7 Å². The number of rotatable bonds is 3. The monoisotopic (exact) mass is 322 g/mol. The van der Waals surface area contributed by atoms with Crippen molar-refractivity contribution >= 4 is 17.8 Å². The molecule has 3 N–H and O–H groups in total. The summed E-state index contributed by atoms with van der Waals surface area (Å²) >= 11 is 0. The molecule has 1 spiro atoms. The maximum absolute atomic E-state index is 12.8. The summed E-state index contributed by atoms with van der Waals surface area (Å²) in [5, 5.41) is 2.96. The molecule has 7 nitrogen and oxygen atoms in total. The van der Waals surface area contributed by atoms with E-state index in [0.717, 1.165) is 38.5 Å². The fourth-order valence-corrected chi connectivity index (χ4v) is 4.03. The van der Waals surface area contributed by atoms with Gasteiger partial charge >= 0.3 is 6.03 Å². The lowest BCUT2D eigenvalue weighted by atomic mass is 9.90. The minimum atomic E-state index is -0.668. The molecule has 2 saturated heterocycles. The molecule has 2 aliphatic heterocycles. The SMILES string of the molecule is NC(=O)C1CCN(CN2C(=O)NC3(CCCCCC3)C2=O)CC1. The predicted octanol–water partition coefficient (Wildman–Crippen LogP) is 0.786. The Morgan fingerprint density at radius 3 is 2.30 bits per heavy atom. The summed E-state index contributed by atoms with van der Waals surface area (Å²) in [7, 11) is 0. The largest absolute Gasteiger partial charge is 0.369 e. The van der Waals surface area contributed by atoms with Crippen LogP contribution in [0.15, 0.2) is 0 Å². The highest BCUT2D eigenvalue weighted by molar-refractivity contribution is 6.07. The maximum atomic E-state index is 12.8. The lowest BCUT2D eigenvalue weighted by molar-refractivity contribution is -0.134. The van der Waals surface area contributed by atoms with Crippen molar-refractivity contribution < 1.29 is 14.4 Å². The minimum Gasteiger partial charge on any atom is -0.369 e. The van der Waals surface area contributed by atoms with Gasteiger partial charge in [0.2, 0.25) is 5.91 Å². The Kier molecular flexibility index (Phi) is 4.57. The van der Waals surface area contributed by atoms with Gasteiger partial charge in [0.15, 0.2) is 0 Å². The van der Waals surface area contributed by atoms with Gasteiger partial charge in [-0.25, -0.2) is 9.69 Å². The topological polar surface area (TPSA) is 95.7 Å². The normalized spacial score (nSPS) is 26.3. The molecule has 0 atom stereocenters. The number of urea groups is 1. The number of carbonyl (C=O) groups excluding carboxylic acids is 3. The number of hydrogen-bond donors (Lipinski definition) is 2. The fourth-order valence-electron chi connectivity index (χ4n) is 4.03. The van der Waals surface area contributed by atoms with Crippen LogP contribution in [0.5, 0.6) is 0 Å². The number of nitrogens with one attached hydrogen (secondary N) is 1. The van der Waals surface area contributed by atoms with E-state index < -0.39 is 5.54 Å². The van der Waals surface area contributed by atoms with Gasteiger partial charge < -0.3 is 11.1 Å². The van der Waals surface area contributed by atoms with Crippen molar-refractivity contribution in [3.63, 3.8) is 0 Å². The number of imide groups is 1. The standard InChI is InChI=1S/C16H26N4O3/c17-13(21)12-5-9-19(10-6-12)11-20-14(22)16(18-15(20)23)7-3-1-2-4-8-16/h12H,1-11H2,(H2,17,21)(H,18,23). The summed E-state index contributed by atoms with van der Waals surface area (Å²) in [5.74, 6) is -0.402. The van der Waals surface area contributed by atoms with Crippen LogP contribution in [-0.4, -0.2) is 52.9 Å². The highest BCUT2D eigenvalue weighted by Crippen LogP contribution is 2.33. The van der Waals surface area contributed by atoms with Crippen LogP contribution in [0.2, 0.25) is 0 Å². The van der Waals surface area contributed by atoms with E-state index in [-0.39, 0.29) is 23.8 Å². The second-order valence-electron chi connectivity index (χ2n) is 7.10. The van der Waals surface area contributed by atoms with Gasteiger partial charge in [-0.15, -0.1) is 0 Å². The number of primary amides is 1. The zero-order valence-electron chi connectivity index (χ0n) is 13.6. The Morgan fingerprint density at radius 1 is 1.13 bits per heavy atom. The number of nitrogens with two attached hydrogens (primary N) is 1. The zero-order chi connectivity index (χ0) is 16.4. The molecular weight excluding hydrogens is 296 g/mol. The Hall–Kier alpha value is -1.63. The van der Waals surface area contributed by atoms with Crippen LogP contribution in [0.3, 0.4) is 0 Å². The fraction of sp³-hybridized carbons (Fsp3) is 0.812. The number of amides is 4. The van der Waals surface area contributed by atoms with Crippen molar-refractivity contribution in [3.05, 3.63) is 0 Å². The molecule has 0 radical (unpaired) electrons. The molecule has 1 saturated carbocycles. The van der Waals surface area contributed by atoms with E-state index in [4.69, 9.17) is 5.73 Å². The van der Waals surface area contributed by atoms with Crippen molar-refractivity contribution in [1.29, 1.82) is 0 Å². The van der Waals surface area contributed by atoms with E-state index in [9.17, 15) is 14.4 Å². The number of hydrogen-bond acceptors (Lipinski definition) is 4. The second kappa shape index (κ2) is 6.47. The summed E-state index contributed by atoms with van der Waals surface area (Å²) in [4.78, 5) is 39.8. The molecule has 2 heterocycles. The molecule has 7 heteroatoms. The van der Waals surface area contributed by atoms with Crippen LogP contribution in [0.4, 0.5) is 4.79 Å². The highest BCUT2D eigenvalue weighted by Gasteiger charge is 2.51. The van der Waals surface area contributed by atoms with Crippen molar-refractivity contribution in [2.75, 3.05) is 19.8 Å². The average molecular weight is 322 g/mol. The van der Waals surface area contributed by atoms with Crippen molar-refractivity contribution in [1.82, 2.24) is 15.1 Å². The molecule has 3 fully saturated rings. The number of nitrogens with zero attached hydrogens (tertiary/aromatic N) is 2. The van der Waals surface area contributed by atoms with Gasteiger partial charge in [0.25, 0.3) is 5.91 Å². The molecular formula is C16H26N4O3. The number of likely N-dealkylation sites (tertiary alicyclic amines) is 1. The summed E-state index contributed by atoms with van der Waals surface area (Å²) < 4.78 is 0. The van der Waals surface area contributed by atoms with Gasteiger partial charge in [0, 0.05) is 19.0 Å². The molecule has 0 aromatic heterocycles. The maximum Gasteiger partial charge on any atom is 0.326 e. The summed E-state index contributed by atoms with van der Waals surface area (Å²) in [6.45, 7) is 1.70. The summed E-state index contributed by atoms with van der Waals surface area (Å²) in [6.07, 6.45) is 7.13. The first-order chi connectivity index (χ1) is 11.0. The van der Waals surface area contributed by atoms with Crippen molar-refractivity contribution in [2.45, 2.75) is 56.9 Å². The average Bonchev–Trinajstić information content (AvgIpc) is 2.72. The number of carbonyl (C=O) groups is 3. The van der Waals surface area contributed by atoms with Gasteiger partial charge in [0.05, 0.1) is 6.67 Å². The van der Waals surface area contributed by atoms with Crippen molar-refractivity contribution in [3.8, 4) is 0 Å². The van der Waals surface area contributed by atoms with Gasteiger partial charge in [-0.2, -0.15) is 0 Å². The van der Waals surface area contributed by atoms with E-state index in [2.05, 4.69) is 10.2 Å². The van der Waals surface area contributed by atoms with E-state index in [1.807, 2.05) is 0 Å². The third kappa shape index (κ3) is 3.20. The number of piperidine rings is 1. The Balaban J connectivity index is 1.61. The van der Waals surface area contributed by atoms with Crippen LogP contribution < -0.4 is 11.1 Å². The van der Waals surface area contributed by atoms with Crippen LogP contribution >= 0.6 is 0 Å². The highest BCUT2D eigenvalue weighted by atomic mass is 16.2. The van der Waals surface area contributed by atoms with Crippen molar-refractivity contribution in [2.24, 2.45) is 11.7 Å².